The SMILES string of the molecule is [C]1=C/C=C\C=C/C=C\C=C/C=C\C=C/C=C/C=C\C=C/C=C\CCCCCCC\1. The number of hydrogen-bond acceptors (Lipinski definition) is 0. The Balaban J connectivity index is 2.48. The normalized spacial score (nSPS) is 30.1. The molecule has 0 saturated carbocycles. The van der Waals surface area contributed by atoms with Crippen molar-refractivity contribution in [3.05, 3.63) is 134 Å². The summed E-state index contributed by atoms with van der Waals surface area (Å²) < 4.78 is 0. The third-order valence-electron chi connectivity index (χ3n) is 4.04. The highest BCUT2D eigenvalue weighted by atomic mass is 13.9. The van der Waals surface area contributed by atoms with Gasteiger partial charge in [0.25, 0.3) is 0 Å². The minimum Gasteiger partial charge on any atom is -0.0845 e. The molecular formula is C29H35. The lowest BCUT2D eigenvalue weighted by molar-refractivity contribution is 0.619. The maximum absolute atomic E-state index is 3.34. The molecule has 0 spiro atoms. The summed E-state index contributed by atoms with van der Waals surface area (Å²) in [6, 6.07) is 0. The van der Waals surface area contributed by atoms with Crippen LogP contribution in [0.5, 0.6) is 0 Å². The van der Waals surface area contributed by atoms with Crippen LogP contribution in [-0.2, 0) is 0 Å². The van der Waals surface area contributed by atoms with E-state index in [1.165, 1.54) is 38.5 Å². The van der Waals surface area contributed by atoms with Crippen molar-refractivity contribution in [1.82, 2.24) is 0 Å². The molecule has 1 aliphatic carbocycles. The summed E-state index contributed by atoms with van der Waals surface area (Å²) in [7, 11) is 0. The molecule has 0 aromatic heterocycles. The van der Waals surface area contributed by atoms with E-state index >= 15 is 0 Å². The standard InChI is InChI=1S/C29H35/c1-2-4-6-8-10-12-14-16-18-20-22-24-26-28-29-27-25-23-21-19-17-15-13-11-9-7-5-3-1/h1-21H,22,24-29H2/b3-1-,4-2-,7-5-,8-6+,11-9-,12-10-,15-13-,16-14-,19-17-,20-18-,23-21?. The van der Waals surface area contributed by atoms with Gasteiger partial charge in [0.05, 0.1) is 0 Å². The van der Waals surface area contributed by atoms with Gasteiger partial charge in [-0.05, 0) is 31.8 Å². The Morgan fingerprint density at radius 2 is 0.724 bits per heavy atom. The van der Waals surface area contributed by atoms with Crippen molar-refractivity contribution in [2.45, 2.75) is 44.9 Å². The molecule has 0 saturated heterocycles. The zero-order valence-electron chi connectivity index (χ0n) is 17.6. The van der Waals surface area contributed by atoms with Crippen LogP contribution >= 0.6 is 0 Å². The molecule has 0 aliphatic heterocycles. The van der Waals surface area contributed by atoms with Gasteiger partial charge in [-0.2, -0.15) is 0 Å². The Kier molecular flexibility index (Phi) is 17.9. The first-order valence-electron chi connectivity index (χ1n) is 10.7. The van der Waals surface area contributed by atoms with Crippen LogP contribution in [0.1, 0.15) is 44.9 Å². The second-order valence-electron chi connectivity index (χ2n) is 6.57. The van der Waals surface area contributed by atoms with Crippen LogP contribution in [0.15, 0.2) is 128 Å². The highest BCUT2D eigenvalue weighted by molar-refractivity contribution is 5.22. The van der Waals surface area contributed by atoms with Crippen LogP contribution in [0.25, 0.3) is 0 Å². The van der Waals surface area contributed by atoms with Gasteiger partial charge in [-0.15, -0.1) is 0 Å². The van der Waals surface area contributed by atoms with Gasteiger partial charge in [-0.3, -0.25) is 0 Å². The topological polar surface area (TPSA) is 0 Å². The Labute approximate surface area is 178 Å². The van der Waals surface area contributed by atoms with E-state index in [0.29, 0.717) is 0 Å². The maximum Gasteiger partial charge on any atom is -0.0276 e. The average Bonchev–Trinajstić information content (AvgIpc) is 2.73. The van der Waals surface area contributed by atoms with Crippen LogP contribution in [0.4, 0.5) is 0 Å². The van der Waals surface area contributed by atoms with Crippen molar-refractivity contribution in [3.8, 4) is 0 Å². The fourth-order valence-electron chi connectivity index (χ4n) is 2.49. The highest BCUT2D eigenvalue weighted by Gasteiger charge is 1.88. The molecule has 1 aliphatic rings. The van der Waals surface area contributed by atoms with Crippen LogP contribution in [-0.4, -0.2) is 0 Å². The first-order valence-corrected chi connectivity index (χ1v) is 10.7. The van der Waals surface area contributed by atoms with Gasteiger partial charge >= 0.3 is 0 Å². The number of rotatable bonds is 0. The van der Waals surface area contributed by atoms with Crippen molar-refractivity contribution < 1.29 is 0 Å². The minimum absolute atomic E-state index is 1.05. The first kappa shape index (κ1) is 24.2. The second kappa shape index (κ2) is 21.4. The predicted octanol–water partition coefficient (Wildman–Crippen LogP) is 8.65. The van der Waals surface area contributed by atoms with E-state index in [1.54, 1.807) is 0 Å². The maximum atomic E-state index is 3.34. The van der Waals surface area contributed by atoms with Crippen molar-refractivity contribution >= 4 is 0 Å². The van der Waals surface area contributed by atoms with Gasteiger partial charge in [-0.25, -0.2) is 0 Å². The Morgan fingerprint density at radius 1 is 0.345 bits per heavy atom. The van der Waals surface area contributed by atoms with Crippen LogP contribution in [0.2, 0.25) is 0 Å². The van der Waals surface area contributed by atoms with E-state index in [1.807, 2.05) is 103 Å². The van der Waals surface area contributed by atoms with Crippen LogP contribution in [0.3, 0.4) is 0 Å². The average molecular weight is 384 g/mol. The Hall–Kier alpha value is -2.86. The van der Waals surface area contributed by atoms with Crippen molar-refractivity contribution in [2.75, 3.05) is 0 Å². The third kappa shape index (κ3) is 19.7. The van der Waals surface area contributed by atoms with E-state index in [4.69, 9.17) is 0 Å². The van der Waals surface area contributed by atoms with E-state index in [0.717, 1.165) is 6.42 Å². The fraction of sp³-hybridized carbons (Fsp3) is 0.241. The second-order valence-corrected chi connectivity index (χ2v) is 6.57. The smallest absolute Gasteiger partial charge is 0.0276 e. The molecule has 151 valence electrons. The zero-order valence-corrected chi connectivity index (χ0v) is 17.6. The molecule has 0 fully saturated rings. The monoisotopic (exact) mass is 383 g/mol. The Bertz CT molecular complexity index is 634. The molecule has 1 rings (SSSR count). The summed E-state index contributed by atoms with van der Waals surface area (Å²) in [5, 5.41) is 0. The van der Waals surface area contributed by atoms with E-state index < -0.39 is 0 Å². The summed E-state index contributed by atoms with van der Waals surface area (Å²) in [6.07, 6.45) is 55.0. The summed E-state index contributed by atoms with van der Waals surface area (Å²) >= 11 is 0. The molecule has 1 radical (unpaired) electrons. The molecular weight excluding hydrogens is 348 g/mol. The van der Waals surface area contributed by atoms with Gasteiger partial charge < -0.3 is 0 Å². The molecule has 0 bridgehead atoms. The molecule has 0 aromatic rings. The third-order valence-corrected chi connectivity index (χ3v) is 4.04. The van der Waals surface area contributed by atoms with Gasteiger partial charge in [-0.1, -0.05) is 147 Å². The Morgan fingerprint density at radius 3 is 1.24 bits per heavy atom. The van der Waals surface area contributed by atoms with E-state index in [9.17, 15) is 0 Å². The van der Waals surface area contributed by atoms with Crippen molar-refractivity contribution in [3.63, 3.8) is 0 Å². The number of allylic oxidation sites excluding steroid dienone is 22. The molecule has 0 N–H and O–H groups in total. The van der Waals surface area contributed by atoms with Gasteiger partial charge in [0.2, 0.25) is 0 Å². The molecule has 0 aromatic carbocycles. The molecule has 0 heterocycles. The zero-order chi connectivity index (χ0) is 20.5. The lowest BCUT2D eigenvalue weighted by atomic mass is 10.1. The molecule has 0 amide bonds. The first-order chi connectivity index (χ1) is 14.5. The highest BCUT2D eigenvalue weighted by Crippen LogP contribution is 2.07. The lowest BCUT2D eigenvalue weighted by Crippen LogP contribution is -1.78. The summed E-state index contributed by atoms with van der Waals surface area (Å²) in [5.41, 5.74) is 0. The summed E-state index contributed by atoms with van der Waals surface area (Å²) in [4.78, 5) is 0. The predicted molar refractivity (Wildman–Crippen MR) is 132 cm³/mol. The fourth-order valence-corrected chi connectivity index (χ4v) is 2.49. The van der Waals surface area contributed by atoms with Gasteiger partial charge in [0.15, 0.2) is 0 Å². The largest absolute Gasteiger partial charge is 0.0845 e. The molecule has 0 unspecified atom stereocenters. The summed E-state index contributed by atoms with van der Waals surface area (Å²) in [6.45, 7) is 0. The molecule has 0 heteroatoms. The molecule has 0 nitrogen and oxygen atoms in total. The van der Waals surface area contributed by atoms with Crippen molar-refractivity contribution in [2.24, 2.45) is 0 Å². The van der Waals surface area contributed by atoms with Crippen LogP contribution < -0.4 is 0 Å². The molecule has 0 atom stereocenters. The van der Waals surface area contributed by atoms with Gasteiger partial charge in [0.1, 0.15) is 0 Å². The minimum atomic E-state index is 1.05. The van der Waals surface area contributed by atoms with Gasteiger partial charge in [0, 0.05) is 0 Å². The van der Waals surface area contributed by atoms with E-state index in [-0.39, 0.29) is 0 Å². The lowest BCUT2D eigenvalue weighted by Gasteiger charge is -1.97. The summed E-state index contributed by atoms with van der Waals surface area (Å²) in [5.74, 6) is 0. The molecule has 29 heavy (non-hydrogen) atoms. The van der Waals surface area contributed by atoms with E-state index in [2.05, 4.69) is 30.4 Å². The quantitative estimate of drug-likeness (QED) is 0.392. The van der Waals surface area contributed by atoms with Crippen molar-refractivity contribution in [1.29, 1.82) is 0 Å². The van der Waals surface area contributed by atoms with Crippen LogP contribution in [0, 0.1) is 6.08 Å². The number of hydrogen-bond donors (Lipinski definition) is 0.